The van der Waals surface area contributed by atoms with E-state index in [1.54, 1.807) is 13.8 Å². The molecule has 1 aromatic carbocycles. The van der Waals surface area contributed by atoms with Crippen LogP contribution in [0.4, 0.5) is 4.39 Å². The van der Waals surface area contributed by atoms with Crippen molar-refractivity contribution in [2.75, 3.05) is 13.2 Å². The summed E-state index contributed by atoms with van der Waals surface area (Å²) in [5, 5.41) is 0.566. The molecule has 3 N–H and O–H groups in total. The van der Waals surface area contributed by atoms with Gasteiger partial charge in [0.25, 0.3) is 5.91 Å². The molecular weight excluding hydrogens is 447 g/mol. The number of ether oxygens (including phenoxy) is 2. The highest BCUT2D eigenvalue weighted by Crippen LogP contribution is 2.40. The minimum absolute atomic E-state index is 0.0546. The van der Waals surface area contributed by atoms with Gasteiger partial charge in [0.2, 0.25) is 0 Å². The summed E-state index contributed by atoms with van der Waals surface area (Å²) >= 11 is 3.26. The van der Waals surface area contributed by atoms with Crippen molar-refractivity contribution in [3.05, 3.63) is 33.2 Å². The van der Waals surface area contributed by atoms with Gasteiger partial charge in [-0.1, -0.05) is 0 Å². The van der Waals surface area contributed by atoms with Crippen molar-refractivity contribution < 1.29 is 28.2 Å². The molecule has 0 fully saturated rings. The number of hydrogen-bond acceptors (Lipinski definition) is 5. The van der Waals surface area contributed by atoms with Gasteiger partial charge in [0, 0.05) is 11.1 Å². The number of hydrogen-bond donors (Lipinski definition) is 2. The molecule has 1 aliphatic carbocycles. The monoisotopic (exact) mass is 468 g/mol. The van der Waals surface area contributed by atoms with E-state index >= 15 is 0 Å². The Morgan fingerprint density at radius 3 is 2.45 bits per heavy atom. The molecule has 0 bridgehead atoms. The fourth-order valence-electron chi connectivity index (χ4n) is 3.98. The lowest BCUT2D eigenvalue weighted by atomic mass is 9.78. The molecule has 0 aliphatic heterocycles. The minimum Gasteiger partial charge on any atom is -0.465 e. The second kappa shape index (κ2) is 8.52. The number of rotatable bonds is 6. The largest absolute Gasteiger partial charge is 0.465 e. The number of benzene rings is 1. The number of nitrogens with two attached hydrogens (primary N) is 1. The quantitative estimate of drug-likeness (QED) is 0.499. The van der Waals surface area contributed by atoms with E-state index in [2.05, 4.69) is 20.9 Å². The summed E-state index contributed by atoms with van der Waals surface area (Å²) in [6.07, 6.45) is 1.37. The van der Waals surface area contributed by atoms with Crippen LogP contribution in [0, 0.1) is 17.7 Å². The van der Waals surface area contributed by atoms with E-state index in [9.17, 15) is 18.8 Å². The Morgan fingerprint density at radius 1 is 1.28 bits per heavy atom. The zero-order chi connectivity index (χ0) is 21.3. The van der Waals surface area contributed by atoms with Gasteiger partial charge in [0.1, 0.15) is 5.82 Å². The van der Waals surface area contributed by atoms with Crippen LogP contribution in [0.3, 0.4) is 0 Å². The average Bonchev–Trinajstić information content (AvgIpc) is 3.04. The molecule has 156 valence electrons. The predicted molar refractivity (Wildman–Crippen MR) is 107 cm³/mol. The lowest BCUT2D eigenvalue weighted by Crippen LogP contribution is -2.37. The van der Waals surface area contributed by atoms with Crippen LogP contribution in [-0.4, -0.2) is 36.0 Å². The van der Waals surface area contributed by atoms with Gasteiger partial charge in [0.05, 0.1) is 28.8 Å². The van der Waals surface area contributed by atoms with Crippen molar-refractivity contribution >= 4 is 44.7 Å². The molecule has 0 radical (unpaired) electrons. The molecule has 1 amide bonds. The SMILES string of the molecule is CCOC(=O)C(C(=O)OCC)C1CCc2c([nH]c3c(C(N)=O)cc(F)c(Br)c23)C1. The normalized spacial score (nSPS) is 16.0. The maximum Gasteiger partial charge on any atom is 0.320 e. The molecule has 3 rings (SSSR count). The van der Waals surface area contributed by atoms with Gasteiger partial charge in [-0.3, -0.25) is 14.4 Å². The average molecular weight is 469 g/mol. The van der Waals surface area contributed by atoms with Gasteiger partial charge in [-0.2, -0.15) is 0 Å². The third-order valence-electron chi connectivity index (χ3n) is 5.21. The summed E-state index contributed by atoms with van der Waals surface area (Å²) < 4.78 is 24.7. The molecule has 0 spiro atoms. The highest BCUT2D eigenvalue weighted by atomic mass is 79.9. The number of H-pyrrole nitrogens is 1. The molecule has 2 aromatic rings. The van der Waals surface area contributed by atoms with Crippen molar-refractivity contribution in [2.24, 2.45) is 17.6 Å². The minimum atomic E-state index is -1.04. The summed E-state index contributed by atoms with van der Waals surface area (Å²) in [4.78, 5) is 39.8. The van der Waals surface area contributed by atoms with E-state index < -0.39 is 29.6 Å². The van der Waals surface area contributed by atoms with Crippen molar-refractivity contribution in [3.63, 3.8) is 0 Å². The van der Waals surface area contributed by atoms with Gasteiger partial charge in [0.15, 0.2) is 5.92 Å². The zero-order valence-corrected chi connectivity index (χ0v) is 17.7. The van der Waals surface area contributed by atoms with Crippen molar-refractivity contribution in [1.82, 2.24) is 4.98 Å². The van der Waals surface area contributed by atoms with Crippen LogP contribution < -0.4 is 5.73 Å². The number of carbonyl (C=O) groups excluding carboxylic acids is 3. The Bertz CT molecular complexity index is 969. The summed E-state index contributed by atoms with van der Waals surface area (Å²) in [5.74, 6) is -3.92. The Kier molecular flexibility index (Phi) is 6.26. The maximum atomic E-state index is 14.3. The molecule has 1 atom stereocenters. The number of aromatic amines is 1. The van der Waals surface area contributed by atoms with Crippen LogP contribution in [0.2, 0.25) is 0 Å². The molecule has 1 heterocycles. The van der Waals surface area contributed by atoms with E-state index in [-0.39, 0.29) is 29.2 Å². The highest BCUT2D eigenvalue weighted by Gasteiger charge is 2.40. The van der Waals surface area contributed by atoms with Crippen LogP contribution in [0.15, 0.2) is 10.5 Å². The number of nitrogens with one attached hydrogen (secondary N) is 1. The Morgan fingerprint density at radius 2 is 1.90 bits per heavy atom. The number of amides is 1. The third-order valence-corrected chi connectivity index (χ3v) is 5.99. The van der Waals surface area contributed by atoms with Gasteiger partial charge < -0.3 is 20.2 Å². The number of halogens is 2. The zero-order valence-electron chi connectivity index (χ0n) is 16.1. The number of esters is 2. The first-order chi connectivity index (χ1) is 13.8. The van der Waals surface area contributed by atoms with Crippen LogP contribution in [-0.2, 0) is 31.9 Å². The van der Waals surface area contributed by atoms with Crippen LogP contribution in [0.25, 0.3) is 10.9 Å². The summed E-state index contributed by atoms with van der Waals surface area (Å²) in [6, 6.07) is 1.09. The van der Waals surface area contributed by atoms with E-state index in [1.807, 2.05) is 0 Å². The second-order valence-corrected chi connectivity index (χ2v) is 7.69. The van der Waals surface area contributed by atoms with E-state index in [0.717, 1.165) is 17.3 Å². The van der Waals surface area contributed by atoms with Gasteiger partial charge in [-0.05, 0) is 66.6 Å². The van der Waals surface area contributed by atoms with Crippen molar-refractivity contribution in [3.8, 4) is 0 Å². The van der Waals surface area contributed by atoms with Crippen LogP contribution >= 0.6 is 15.9 Å². The third kappa shape index (κ3) is 3.88. The fraction of sp³-hybridized carbons (Fsp3) is 0.450. The van der Waals surface area contributed by atoms with Crippen LogP contribution in [0.1, 0.15) is 41.9 Å². The summed E-state index contributed by atoms with van der Waals surface area (Å²) in [7, 11) is 0. The lowest BCUT2D eigenvalue weighted by Gasteiger charge is -2.27. The molecule has 0 saturated heterocycles. The Hall–Kier alpha value is -2.42. The maximum absolute atomic E-state index is 14.3. The number of carbonyl (C=O) groups is 3. The predicted octanol–water partition coefficient (Wildman–Crippen LogP) is 3.02. The van der Waals surface area contributed by atoms with E-state index in [4.69, 9.17) is 15.2 Å². The van der Waals surface area contributed by atoms with Crippen molar-refractivity contribution in [2.45, 2.75) is 33.1 Å². The highest BCUT2D eigenvalue weighted by molar-refractivity contribution is 9.10. The molecule has 0 saturated carbocycles. The molecular formula is C20H22BrFN2O5. The topological polar surface area (TPSA) is 111 Å². The Balaban J connectivity index is 2.03. The van der Waals surface area contributed by atoms with Gasteiger partial charge in [-0.15, -0.1) is 0 Å². The van der Waals surface area contributed by atoms with Gasteiger partial charge >= 0.3 is 11.9 Å². The number of primary amides is 1. The first-order valence-electron chi connectivity index (χ1n) is 9.44. The first-order valence-corrected chi connectivity index (χ1v) is 10.2. The number of fused-ring (bicyclic) bond motifs is 3. The number of aromatic nitrogens is 1. The molecule has 1 unspecified atom stereocenters. The Labute approximate surface area is 175 Å². The molecule has 9 heteroatoms. The molecule has 29 heavy (non-hydrogen) atoms. The van der Waals surface area contributed by atoms with E-state index in [1.165, 1.54) is 0 Å². The standard InChI is InChI=1S/C20H22BrFN2O5/c1-3-28-19(26)14(20(27)29-4-2)9-5-6-10-13(7-9)24-17-11(18(23)25)8-12(22)16(21)15(10)17/h8-9,14,24H,3-7H2,1-2H3,(H2,23,25). The molecule has 1 aliphatic rings. The summed E-state index contributed by atoms with van der Waals surface area (Å²) in [6.45, 7) is 3.67. The first kappa shape index (κ1) is 21.3. The van der Waals surface area contributed by atoms with E-state index in [0.29, 0.717) is 30.2 Å². The van der Waals surface area contributed by atoms with Crippen LogP contribution in [0.5, 0.6) is 0 Å². The van der Waals surface area contributed by atoms with Crippen molar-refractivity contribution in [1.29, 1.82) is 0 Å². The second-order valence-electron chi connectivity index (χ2n) is 6.90. The lowest BCUT2D eigenvalue weighted by molar-refractivity contribution is -0.164. The summed E-state index contributed by atoms with van der Waals surface area (Å²) in [5.41, 5.74) is 7.50. The number of aryl methyl sites for hydroxylation is 1. The fourth-order valence-corrected chi connectivity index (χ4v) is 4.54. The molecule has 1 aromatic heterocycles. The smallest absolute Gasteiger partial charge is 0.320 e. The van der Waals surface area contributed by atoms with Gasteiger partial charge in [-0.25, -0.2) is 4.39 Å². The molecule has 7 nitrogen and oxygen atoms in total.